The Morgan fingerprint density at radius 3 is 2.50 bits per heavy atom. The first-order chi connectivity index (χ1) is 7.28. The van der Waals surface area contributed by atoms with Crippen LogP contribution in [0.15, 0.2) is 0 Å². The lowest BCUT2D eigenvalue weighted by molar-refractivity contribution is -0.147. The van der Waals surface area contributed by atoms with E-state index in [0.29, 0.717) is 0 Å². The van der Waals surface area contributed by atoms with Gasteiger partial charge in [0.05, 0.1) is 12.6 Å². The number of nitrogens with one attached hydrogen (secondary N) is 1. The third kappa shape index (κ3) is 4.06. The summed E-state index contributed by atoms with van der Waals surface area (Å²) in [6.45, 7) is 5.49. The lowest BCUT2D eigenvalue weighted by atomic mass is 10.2. The molecule has 1 fully saturated rings. The summed E-state index contributed by atoms with van der Waals surface area (Å²) < 4.78 is 10.0. The zero-order chi connectivity index (χ0) is 12.3. The monoisotopic (exact) mass is 231 g/mol. The molecule has 1 aliphatic heterocycles. The second kappa shape index (κ2) is 4.69. The number of hydrogen-bond donors (Lipinski definition) is 2. The molecule has 0 spiro atoms. The van der Waals surface area contributed by atoms with Gasteiger partial charge in [0.1, 0.15) is 5.60 Å². The summed E-state index contributed by atoms with van der Waals surface area (Å²) in [5.74, 6) is -1.01. The van der Waals surface area contributed by atoms with Crippen LogP contribution in [0.1, 0.15) is 27.2 Å². The van der Waals surface area contributed by atoms with Gasteiger partial charge in [-0.05, 0) is 20.8 Å². The van der Waals surface area contributed by atoms with Gasteiger partial charge in [-0.25, -0.2) is 9.59 Å². The van der Waals surface area contributed by atoms with Crippen LogP contribution >= 0.6 is 0 Å². The lowest BCUT2D eigenvalue weighted by Gasteiger charge is -2.21. The lowest BCUT2D eigenvalue weighted by Crippen LogP contribution is -2.39. The Labute approximate surface area is 93.9 Å². The SMILES string of the molecule is CC(C)(C)OC(=O)NC1COC(C(=O)O)C1. The van der Waals surface area contributed by atoms with Crippen LogP contribution in [0.2, 0.25) is 0 Å². The largest absolute Gasteiger partial charge is 0.479 e. The van der Waals surface area contributed by atoms with Gasteiger partial charge in [0, 0.05) is 6.42 Å². The summed E-state index contributed by atoms with van der Waals surface area (Å²) >= 11 is 0. The molecule has 6 heteroatoms. The van der Waals surface area contributed by atoms with Gasteiger partial charge < -0.3 is 19.9 Å². The number of alkyl carbamates (subject to hydrolysis) is 1. The average Bonchev–Trinajstić information content (AvgIpc) is 2.48. The molecule has 16 heavy (non-hydrogen) atoms. The Balaban J connectivity index is 2.34. The van der Waals surface area contributed by atoms with Crippen molar-refractivity contribution in [2.24, 2.45) is 0 Å². The summed E-state index contributed by atoms with van der Waals surface area (Å²) in [4.78, 5) is 21.9. The molecule has 2 atom stereocenters. The predicted octanol–water partition coefficient (Wildman–Crippen LogP) is 0.753. The minimum Gasteiger partial charge on any atom is -0.479 e. The van der Waals surface area contributed by atoms with Crippen LogP contribution in [0.4, 0.5) is 4.79 Å². The third-order valence-corrected chi connectivity index (χ3v) is 1.99. The zero-order valence-electron chi connectivity index (χ0n) is 9.65. The van der Waals surface area contributed by atoms with Crippen molar-refractivity contribution in [2.45, 2.75) is 44.9 Å². The molecular weight excluding hydrogens is 214 g/mol. The summed E-state index contributed by atoms with van der Waals surface area (Å²) in [6.07, 6.45) is -1.11. The maximum Gasteiger partial charge on any atom is 0.407 e. The van der Waals surface area contributed by atoms with Gasteiger partial charge in [-0.1, -0.05) is 0 Å². The van der Waals surface area contributed by atoms with E-state index in [1.54, 1.807) is 20.8 Å². The van der Waals surface area contributed by atoms with Gasteiger partial charge in [-0.3, -0.25) is 0 Å². The Morgan fingerprint density at radius 2 is 2.06 bits per heavy atom. The van der Waals surface area contributed by atoms with Crippen LogP contribution in [-0.4, -0.2) is 41.5 Å². The summed E-state index contributed by atoms with van der Waals surface area (Å²) in [5.41, 5.74) is -0.560. The number of carboxylic acids is 1. The topological polar surface area (TPSA) is 84.9 Å². The third-order valence-electron chi connectivity index (χ3n) is 1.99. The molecule has 1 saturated heterocycles. The Hall–Kier alpha value is -1.30. The number of hydrogen-bond acceptors (Lipinski definition) is 4. The van der Waals surface area contributed by atoms with E-state index in [9.17, 15) is 9.59 Å². The minimum atomic E-state index is -1.01. The van der Waals surface area contributed by atoms with E-state index in [4.69, 9.17) is 14.6 Å². The number of ether oxygens (including phenoxy) is 2. The molecule has 1 heterocycles. The van der Waals surface area contributed by atoms with Crippen molar-refractivity contribution in [1.29, 1.82) is 0 Å². The van der Waals surface area contributed by atoms with E-state index in [2.05, 4.69) is 5.32 Å². The van der Waals surface area contributed by atoms with E-state index < -0.39 is 23.8 Å². The summed E-state index contributed by atoms with van der Waals surface area (Å²) in [6, 6.07) is -0.295. The first kappa shape index (κ1) is 12.8. The molecule has 1 amide bonds. The van der Waals surface area contributed by atoms with Crippen molar-refractivity contribution >= 4 is 12.1 Å². The molecule has 92 valence electrons. The predicted molar refractivity (Wildman–Crippen MR) is 55.2 cm³/mol. The zero-order valence-corrected chi connectivity index (χ0v) is 9.65. The smallest absolute Gasteiger partial charge is 0.407 e. The van der Waals surface area contributed by atoms with Crippen molar-refractivity contribution in [3.8, 4) is 0 Å². The van der Waals surface area contributed by atoms with Crippen LogP contribution < -0.4 is 5.32 Å². The first-order valence-electron chi connectivity index (χ1n) is 5.12. The van der Waals surface area contributed by atoms with Crippen LogP contribution in [0.5, 0.6) is 0 Å². The number of rotatable bonds is 2. The normalized spacial score (nSPS) is 25.2. The number of amides is 1. The van der Waals surface area contributed by atoms with Crippen molar-refractivity contribution < 1.29 is 24.2 Å². The molecule has 1 rings (SSSR count). The van der Waals surface area contributed by atoms with Gasteiger partial charge in [-0.2, -0.15) is 0 Å². The van der Waals surface area contributed by atoms with Crippen molar-refractivity contribution in [3.63, 3.8) is 0 Å². The van der Waals surface area contributed by atoms with Gasteiger partial charge in [0.2, 0.25) is 0 Å². The van der Waals surface area contributed by atoms with Gasteiger partial charge >= 0.3 is 12.1 Å². The molecule has 0 aromatic rings. The van der Waals surface area contributed by atoms with Gasteiger partial charge in [0.15, 0.2) is 6.10 Å². The first-order valence-corrected chi connectivity index (χ1v) is 5.12. The summed E-state index contributed by atoms with van der Waals surface area (Å²) in [5, 5.41) is 11.3. The van der Waals surface area contributed by atoms with E-state index in [0.717, 1.165) is 0 Å². The van der Waals surface area contributed by atoms with Gasteiger partial charge in [0.25, 0.3) is 0 Å². The fourth-order valence-electron chi connectivity index (χ4n) is 1.37. The van der Waals surface area contributed by atoms with E-state index in [1.165, 1.54) is 0 Å². The number of carbonyl (C=O) groups excluding carboxylic acids is 1. The van der Waals surface area contributed by atoms with Crippen molar-refractivity contribution in [2.75, 3.05) is 6.61 Å². The highest BCUT2D eigenvalue weighted by Gasteiger charge is 2.32. The van der Waals surface area contributed by atoms with Crippen molar-refractivity contribution in [3.05, 3.63) is 0 Å². The fraction of sp³-hybridized carbons (Fsp3) is 0.800. The standard InChI is InChI=1S/C10H17NO5/c1-10(2,3)16-9(14)11-6-4-7(8(12)13)15-5-6/h6-7H,4-5H2,1-3H3,(H,11,14)(H,12,13). The van der Waals surface area contributed by atoms with Crippen molar-refractivity contribution in [1.82, 2.24) is 5.32 Å². The quantitative estimate of drug-likeness (QED) is 0.732. The molecule has 0 radical (unpaired) electrons. The van der Waals surface area contributed by atoms with Crippen LogP contribution in [0, 0.1) is 0 Å². The molecule has 1 aliphatic rings. The highest BCUT2D eigenvalue weighted by molar-refractivity contribution is 5.73. The maximum absolute atomic E-state index is 11.4. The molecule has 0 saturated carbocycles. The fourth-order valence-corrected chi connectivity index (χ4v) is 1.37. The highest BCUT2D eigenvalue weighted by atomic mass is 16.6. The minimum absolute atomic E-state index is 0.205. The Bertz CT molecular complexity index is 283. The molecule has 2 N–H and O–H groups in total. The van der Waals surface area contributed by atoms with E-state index in [-0.39, 0.29) is 19.1 Å². The molecule has 0 aromatic heterocycles. The summed E-state index contributed by atoms with van der Waals surface area (Å²) in [7, 11) is 0. The second-order valence-corrected chi connectivity index (χ2v) is 4.74. The van der Waals surface area contributed by atoms with E-state index in [1.807, 2.05) is 0 Å². The van der Waals surface area contributed by atoms with E-state index >= 15 is 0 Å². The van der Waals surface area contributed by atoms with Crippen LogP contribution in [-0.2, 0) is 14.3 Å². The maximum atomic E-state index is 11.4. The molecule has 0 aromatic carbocycles. The van der Waals surface area contributed by atoms with Gasteiger partial charge in [-0.15, -0.1) is 0 Å². The molecule has 0 bridgehead atoms. The molecular formula is C10H17NO5. The number of carboxylic acid groups (broad SMARTS) is 1. The Morgan fingerprint density at radius 1 is 1.44 bits per heavy atom. The van der Waals surface area contributed by atoms with Crippen LogP contribution in [0.25, 0.3) is 0 Å². The molecule has 2 unspecified atom stereocenters. The number of aliphatic carboxylic acids is 1. The molecule has 0 aliphatic carbocycles. The second-order valence-electron chi connectivity index (χ2n) is 4.74. The van der Waals surface area contributed by atoms with Crippen LogP contribution in [0.3, 0.4) is 0 Å². The average molecular weight is 231 g/mol. The number of carbonyl (C=O) groups is 2. The Kier molecular flexibility index (Phi) is 3.74. The highest BCUT2D eigenvalue weighted by Crippen LogP contribution is 2.14. The molecule has 6 nitrogen and oxygen atoms in total.